The molecule has 0 aliphatic heterocycles. The first kappa shape index (κ1) is 21.6. The van der Waals surface area contributed by atoms with Crippen LogP contribution in [-0.4, -0.2) is 21.4 Å². The van der Waals surface area contributed by atoms with E-state index in [0.29, 0.717) is 23.7 Å². The van der Waals surface area contributed by atoms with Crippen molar-refractivity contribution < 1.29 is 13.2 Å². The highest BCUT2D eigenvalue weighted by atomic mass is 32.2. The second-order valence-electron chi connectivity index (χ2n) is 7.41. The van der Waals surface area contributed by atoms with Crippen molar-refractivity contribution >= 4 is 21.6 Å². The van der Waals surface area contributed by atoms with Gasteiger partial charge in [-0.15, -0.1) is 0 Å². The number of nitrogens with one attached hydrogen (secondary N) is 1. The van der Waals surface area contributed by atoms with Gasteiger partial charge in [0.1, 0.15) is 0 Å². The van der Waals surface area contributed by atoms with Gasteiger partial charge in [0, 0.05) is 19.2 Å². The molecular formula is C24H26N2O3S. The summed E-state index contributed by atoms with van der Waals surface area (Å²) in [7, 11) is -2.15. The molecule has 0 bridgehead atoms. The molecule has 3 aromatic rings. The zero-order chi connectivity index (χ0) is 21.7. The van der Waals surface area contributed by atoms with Gasteiger partial charge in [-0.25, -0.2) is 8.42 Å². The normalized spacial score (nSPS) is 11.3. The summed E-state index contributed by atoms with van der Waals surface area (Å²) in [5.74, 6) is 0.263. The van der Waals surface area contributed by atoms with Crippen molar-refractivity contribution in [1.29, 1.82) is 0 Å². The summed E-state index contributed by atoms with van der Waals surface area (Å²) in [4.78, 5) is 12.7. The number of hydrogen-bond acceptors (Lipinski definition) is 3. The van der Waals surface area contributed by atoms with Gasteiger partial charge in [0.2, 0.25) is 0 Å². The van der Waals surface area contributed by atoms with Crippen LogP contribution in [0.3, 0.4) is 0 Å². The smallest absolute Gasteiger partial charge is 0.264 e. The molecule has 0 fully saturated rings. The van der Waals surface area contributed by atoms with E-state index < -0.39 is 10.0 Å². The first-order valence-electron chi connectivity index (χ1n) is 9.80. The van der Waals surface area contributed by atoms with Crippen molar-refractivity contribution in [1.82, 2.24) is 5.32 Å². The number of amides is 1. The lowest BCUT2D eigenvalue weighted by Gasteiger charge is -2.19. The van der Waals surface area contributed by atoms with Crippen LogP contribution in [0.4, 0.5) is 5.69 Å². The second kappa shape index (κ2) is 9.13. The zero-order valence-corrected chi connectivity index (χ0v) is 18.2. The van der Waals surface area contributed by atoms with Crippen molar-refractivity contribution in [3.8, 4) is 0 Å². The molecule has 3 aromatic carbocycles. The Morgan fingerprint density at radius 2 is 1.50 bits per heavy atom. The Kier molecular flexibility index (Phi) is 6.57. The van der Waals surface area contributed by atoms with Gasteiger partial charge in [0.25, 0.3) is 15.9 Å². The van der Waals surface area contributed by atoms with Gasteiger partial charge in [0.05, 0.1) is 10.6 Å². The zero-order valence-electron chi connectivity index (χ0n) is 17.4. The lowest BCUT2D eigenvalue weighted by atomic mass is 10.0. The molecule has 0 aliphatic carbocycles. The van der Waals surface area contributed by atoms with Gasteiger partial charge in [-0.2, -0.15) is 0 Å². The van der Waals surface area contributed by atoms with E-state index in [1.54, 1.807) is 54.6 Å². The van der Waals surface area contributed by atoms with Gasteiger partial charge in [-0.3, -0.25) is 9.10 Å². The second-order valence-corrected chi connectivity index (χ2v) is 9.38. The number of benzene rings is 3. The summed E-state index contributed by atoms with van der Waals surface area (Å²) < 4.78 is 26.7. The van der Waals surface area contributed by atoms with Crippen molar-refractivity contribution in [2.45, 2.75) is 31.2 Å². The van der Waals surface area contributed by atoms with Crippen molar-refractivity contribution in [3.05, 3.63) is 95.6 Å². The first-order chi connectivity index (χ1) is 14.3. The molecule has 0 aliphatic rings. The molecule has 6 heteroatoms. The van der Waals surface area contributed by atoms with Crippen LogP contribution in [0, 0.1) is 0 Å². The van der Waals surface area contributed by atoms with Crippen molar-refractivity contribution in [3.63, 3.8) is 0 Å². The number of anilines is 1. The van der Waals surface area contributed by atoms with Crippen LogP contribution in [0.25, 0.3) is 0 Å². The molecule has 0 saturated carbocycles. The fourth-order valence-electron chi connectivity index (χ4n) is 3.02. The number of sulfonamides is 1. The topological polar surface area (TPSA) is 66.5 Å². The van der Waals surface area contributed by atoms with Gasteiger partial charge >= 0.3 is 0 Å². The van der Waals surface area contributed by atoms with E-state index in [9.17, 15) is 13.2 Å². The molecular weight excluding hydrogens is 396 g/mol. The molecule has 0 unspecified atom stereocenters. The Balaban J connectivity index is 1.65. The predicted octanol–water partition coefficient (Wildman–Crippen LogP) is 4.57. The van der Waals surface area contributed by atoms with E-state index in [0.717, 1.165) is 5.56 Å². The fourth-order valence-corrected chi connectivity index (χ4v) is 4.23. The van der Waals surface area contributed by atoms with Crippen molar-refractivity contribution in [2.24, 2.45) is 0 Å². The molecule has 0 heterocycles. The molecule has 1 amide bonds. The maximum atomic E-state index is 12.7. The van der Waals surface area contributed by atoms with Gasteiger partial charge in [-0.05, 0) is 53.4 Å². The van der Waals surface area contributed by atoms with Crippen LogP contribution in [-0.2, 0) is 16.6 Å². The SMILES string of the molecule is CC(C)c1ccc(CNC(=O)c2ccc(N(C)S(=O)(=O)c3ccccc3)cc2)cc1. The maximum Gasteiger partial charge on any atom is 0.264 e. The Morgan fingerprint density at radius 1 is 0.900 bits per heavy atom. The quantitative estimate of drug-likeness (QED) is 0.607. The highest BCUT2D eigenvalue weighted by Gasteiger charge is 2.21. The highest BCUT2D eigenvalue weighted by molar-refractivity contribution is 7.92. The third kappa shape index (κ3) is 4.89. The van der Waals surface area contributed by atoms with Crippen molar-refractivity contribution in [2.75, 3.05) is 11.4 Å². The van der Waals surface area contributed by atoms with E-state index >= 15 is 0 Å². The molecule has 5 nitrogen and oxygen atoms in total. The Labute approximate surface area is 178 Å². The van der Waals surface area contributed by atoms with Crippen LogP contribution >= 0.6 is 0 Å². The van der Waals surface area contributed by atoms with E-state index in [1.165, 1.54) is 16.9 Å². The monoisotopic (exact) mass is 422 g/mol. The maximum absolute atomic E-state index is 12.7. The van der Waals surface area contributed by atoms with E-state index in [4.69, 9.17) is 0 Å². The number of nitrogens with zero attached hydrogens (tertiary/aromatic N) is 1. The Morgan fingerprint density at radius 3 is 2.07 bits per heavy atom. The number of carbonyl (C=O) groups is 1. The highest BCUT2D eigenvalue weighted by Crippen LogP contribution is 2.22. The van der Waals surface area contributed by atoms with Crippen LogP contribution in [0.2, 0.25) is 0 Å². The summed E-state index contributed by atoms with van der Waals surface area (Å²) in [6, 6.07) is 23.0. The minimum atomic E-state index is -3.65. The van der Waals surface area contributed by atoms with Crippen LogP contribution < -0.4 is 9.62 Å². The summed E-state index contributed by atoms with van der Waals surface area (Å²) in [5, 5.41) is 2.90. The predicted molar refractivity (Wildman–Crippen MR) is 120 cm³/mol. The molecule has 156 valence electrons. The Bertz CT molecular complexity index is 1090. The van der Waals surface area contributed by atoms with E-state index in [1.807, 2.05) is 12.1 Å². The lowest BCUT2D eigenvalue weighted by molar-refractivity contribution is 0.0951. The average molecular weight is 423 g/mol. The molecule has 1 N–H and O–H groups in total. The number of rotatable bonds is 7. The third-order valence-corrected chi connectivity index (χ3v) is 6.79. The largest absolute Gasteiger partial charge is 0.348 e. The molecule has 0 saturated heterocycles. The number of carbonyl (C=O) groups excluding carboxylic acids is 1. The van der Waals surface area contributed by atoms with E-state index in [-0.39, 0.29) is 10.8 Å². The minimum absolute atomic E-state index is 0.206. The van der Waals surface area contributed by atoms with E-state index in [2.05, 4.69) is 31.3 Å². The van der Waals surface area contributed by atoms with Gasteiger partial charge < -0.3 is 5.32 Å². The average Bonchev–Trinajstić information content (AvgIpc) is 2.78. The molecule has 0 aromatic heterocycles. The minimum Gasteiger partial charge on any atom is -0.348 e. The molecule has 3 rings (SSSR count). The number of hydrogen-bond donors (Lipinski definition) is 1. The lowest BCUT2D eigenvalue weighted by Crippen LogP contribution is -2.27. The summed E-state index contributed by atoms with van der Waals surface area (Å²) in [6.07, 6.45) is 0. The third-order valence-electron chi connectivity index (χ3n) is 4.99. The van der Waals surface area contributed by atoms with Crippen LogP contribution in [0.5, 0.6) is 0 Å². The standard InChI is InChI=1S/C24H26N2O3S/c1-18(2)20-11-9-19(10-12-20)17-25-24(27)21-13-15-22(16-14-21)26(3)30(28,29)23-7-5-4-6-8-23/h4-16,18H,17H2,1-3H3,(H,25,27). The summed E-state index contributed by atoms with van der Waals surface area (Å²) in [6.45, 7) is 4.72. The first-order valence-corrected chi connectivity index (χ1v) is 11.2. The van der Waals surface area contributed by atoms with Gasteiger partial charge in [0.15, 0.2) is 0 Å². The molecule has 0 spiro atoms. The van der Waals surface area contributed by atoms with Gasteiger partial charge in [-0.1, -0.05) is 56.3 Å². The summed E-state index contributed by atoms with van der Waals surface area (Å²) >= 11 is 0. The van der Waals surface area contributed by atoms with Crippen LogP contribution in [0.15, 0.2) is 83.8 Å². The molecule has 0 radical (unpaired) electrons. The summed E-state index contributed by atoms with van der Waals surface area (Å²) in [5.41, 5.74) is 3.25. The Hall–Kier alpha value is -3.12. The van der Waals surface area contributed by atoms with Crippen LogP contribution in [0.1, 0.15) is 41.3 Å². The molecule has 30 heavy (non-hydrogen) atoms. The fraction of sp³-hybridized carbons (Fsp3) is 0.208. The molecule has 0 atom stereocenters.